The third-order valence-electron chi connectivity index (χ3n) is 2.74. The van der Waals surface area contributed by atoms with Gasteiger partial charge in [0.2, 0.25) is 5.91 Å². The standard InChI is InChI=1S/C11H16N4O/c1-8(16)15-4-3-13-10-5-9(12-2)6-14-11(10)7-15/h5-6,12-13H,3-4,7H2,1-2H3. The molecular formula is C11H16N4O. The Labute approximate surface area is 94.9 Å². The first-order chi connectivity index (χ1) is 7.70. The number of hydrogen-bond acceptors (Lipinski definition) is 4. The highest BCUT2D eigenvalue weighted by Gasteiger charge is 2.16. The number of hydrogen-bond donors (Lipinski definition) is 2. The lowest BCUT2D eigenvalue weighted by Crippen LogP contribution is -2.30. The Morgan fingerprint density at radius 1 is 1.62 bits per heavy atom. The van der Waals surface area contributed by atoms with Crippen LogP contribution in [-0.4, -0.2) is 35.9 Å². The molecule has 0 bridgehead atoms. The fourth-order valence-electron chi connectivity index (χ4n) is 1.76. The summed E-state index contributed by atoms with van der Waals surface area (Å²) < 4.78 is 0. The van der Waals surface area contributed by atoms with Crippen molar-refractivity contribution in [3.05, 3.63) is 18.0 Å². The van der Waals surface area contributed by atoms with Crippen LogP contribution in [0.15, 0.2) is 12.3 Å². The highest BCUT2D eigenvalue weighted by molar-refractivity contribution is 5.74. The van der Waals surface area contributed by atoms with Crippen molar-refractivity contribution in [1.29, 1.82) is 0 Å². The smallest absolute Gasteiger partial charge is 0.219 e. The quantitative estimate of drug-likeness (QED) is 0.738. The van der Waals surface area contributed by atoms with Crippen LogP contribution in [0.3, 0.4) is 0 Å². The largest absolute Gasteiger partial charge is 0.387 e. The third kappa shape index (κ3) is 2.08. The molecule has 0 aromatic carbocycles. The van der Waals surface area contributed by atoms with E-state index >= 15 is 0 Å². The molecule has 5 nitrogen and oxygen atoms in total. The molecule has 0 spiro atoms. The van der Waals surface area contributed by atoms with E-state index in [2.05, 4.69) is 15.6 Å². The van der Waals surface area contributed by atoms with Gasteiger partial charge in [-0.25, -0.2) is 0 Å². The van der Waals surface area contributed by atoms with Crippen molar-refractivity contribution in [2.75, 3.05) is 30.8 Å². The monoisotopic (exact) mass is 220 g/mol. The number of nitrogens with zero attached hydrogens (tertiary/aromatic N) is 2. The number of rotatable bonds is 1. The topological polar surface area (TPSA) is 57.3 Å². The van der Waals surface area contributed by atoms with Gasteiger partial charge in [-0.3, -0.25) is 9.78 Å². The average molecular weight is 220 g/mol. The van der Waals surface area contributed by atoms with Gasteiger partial charge in [0.05, 0.1) is 29.8 Å². The molecule has 1 aliphatic rings. The van der Waals surface area contributed by atoms with Crippen LogP contribution >= 0.6 is 0 Å². The lowest BCUT2D eigenvalue weighted by molar-refractivity contribution is -0.129. The lowest BCUT2D eigenvalue weighted by atomic mass is 10.2. The van der Waals surface area contributed by atoms with E-state index in [-0.39, 0.29) is 5.91 Å². The van der Waals surface area contributed by atoms with Gasteiger partial charge < -0.3 is 15.5 Å². The molecule has 1 aliphatic heterocycles. The van der Waals surface area contributed by atoms with Crippen LogP contribution in [0.1, 0.15) is 12.6 Å². The molecule has 16 heavy (non-hydrogen) atoms. The number of anilines is 2. The zero-order valence-electron chi connectivity index (χ0n) is 9.58. The van der Waals surface area contributed by atoms with Gasteiger partial charge >= 0.3 is 0 Å². The summed E-state index contributed by atoms with van der Waals surface area (Å²) in [7, 11) is 1.86. The van der Waals surface area contributed by atoms with Crippen molar-refractivity contribution < 1.29 is 4.79 Å². The Hall–Kier alpha value is -1.78. The minimum atomic E-state index is 0.0918. The van der Waals surface area contributed by atoms with E-state index in [1.54, 1.807) is 18.0 Å². The van der Waals surface area contributed by atoms with Crippen LogP contribution in [0, 0.1) is 0 Å². The number of nitrogens with one attached hydrogen (secondary N) is 2. The second kappa shape index (κ2) is 4.38. The molecule has 2 heterocycles. The van der Waals surface area contributed by atoms with Gasteiger partial charge in [-0.2, -0.15) is 0 Å². The number of aromatic nitrogens is 1. The zero-order chi connectivity index (χ0) is 11.5. The van der Waals surface area contributed by atoms with Crippen molar-refractivity contribution in [3.8, 4) is 0 Å². The summed E-state index contributed by atoms with van der Waals surface area (Å²) in [5.74, 6) is 0.0918. The Morgan fingerprint density at radius 2 is 2.44 bits per heavy atom. The average Bonchev–Trinajstić information content (AvgIpc) is 2.49. The summed E-state index contributed by atoms with van der Waals surface area (Å²) in [4.78, 5) is 17.5. The highest BCUT2D eigenvalue weighted by atomic mass is 16.2. The molecule has 86 valence electrons. The minimum Gasteiger partial charge on any atom is -0.387 e. The first-order valence-corrected chi connectivity index (χ1v) is 5.37. The van der Waals surface area contributed by atoms with Gasteiger partial charge in [-0.1, -0.05) is 0 Å². The summed E-state index contributed by atoms with van der Waals surface area (Å²) in [5, 5.41) is 6.34. The van der Waals surface area contributed by atoms with Crippen LogP contribution in [0.5, 0.6) is 0 Å². The summed E-state index contributed by atoms with van der Waals surface area (Å²) in [6.45, 7) is 3.66. The summed E-state index contributed by atoms with van der Waals surface area (Å²) >= 11 is 0. The zero-order valence-corrected chi connectivity index (χ0v) is 9.58. The molecular weight excluding hydrogens is 204 g/mol. The van der Waals surface area contributed by atoms with E-state index in [0.717, 1.165) is 30.2 Å². The molecule has 0 unspecified atom stereocenters. The first kappa shape index (κ1) is 10.7. The fourth-order valence-corrected chi connectivity index (χ4v) is 1.76. The van der Waals surface area contributed by atoms with Crippen LogP contribution in [0.4, 0.5) is 11.4 Å². The van der Waals surface area contributed by atoms with Crippen LogP contribution in [0.25, 0.3) is 0 Å². The lowest BCUT2D eigenvalue weighted by Gasteiger charge is -2.17. The molecule has 0 atom stereocenters. The maximum absolute atomic E-state index is 11.3. The Balaban J connectivity index is 2.27. The van der Waals surface area contributed by atoms with E-state index in [0.29, 0.717) is 6.54 Å². The molecule has 0 radical (unpaired) electrons. The molecule has 0 fully saturated rings. The molecule has 2 rings (SSSR count). The Morgan fingerprint density at radius 3 is 3.12 bits per heavy atom. The molecule has 1 aromatic heterocycles. The van der Waals surface area contributed by atoms with Crippen molar-refractivity contribution in [1.82, 2.24) is 9.88 Å². The van der Waals surface area contributed by atoms with Crippen LogP contribution in [-0.2, 0) is 11.3 Å². The van der Waals surface area contributed by atoms with Crippen molar-refractivity contribution >= 4 is 17.3 Å². The third-order valence-corrected chi connectivity index (χ3v) is 2.74. The van der Waals surface area contributed by atoms with E-state index in [4.69, 9.17) is 0 Å². The van der Waals surface area contributed by atoms with Gasteiger partial charge in [0, 0.05) is 27.1 Å². The van der Waals surface area contributed by atoms with E-state index in [1.165, 1.54) is 0 Å². The second-order valence-electron chi connectivity index (χ2n) is 3.84. The number of amides is 1. The molecule has 1 aromatic rings. The Bertz CT molecular complexity index is 405. The van der Waals surface area contributed by atoms with Crippen molar-refractivity contribution in [2.24, 2.45) is 0 Å². The van der Waals surface area contributed by atoms with E-state index < -0.39 is 0 Å². The molecule has 0 aliphatic carbocycles. The van der Waals surface area contributed by atoms with Gasteiger partial charge in [0.15, 0.2) is 0 Å². The first-order valence-electron chi connectivity index (χ1n) is 5.37. The van der Waals surface area contributed by atoms with Crippen molar-refractivity contribution in [2.45, 2.75) is 13.5 Å². The van der Waals surface area contributed by atoms with Gasteiger partial charge in [-0.15, -0.1) is 0 Å². The van der Waals surface area contributed by atoms with E-state index in [1.807, 2.05) is 13.1 Å². The maximum atomic E-state index is 11.3. The van der Waals surface area contributed by atoms with E-state index in [9.17, 15) is 4.79 Å². The summed E-state index contributed by atoms with van der Waals surface area (Å²) in [6, 6.07) is 2.02. The maximum Gasteiger partial charge on any atom is 0.219 e. The van der Waals surface area contributed by atoms with Gasteiger partial charge in [0.1, 0.15) is 0 Å². The van der Waals surface area contributed by atoms with Crippen molar-refractivity contribution in [3.63, 3.8) is 0 Å². The van der Waals surface area contributed by atoms with Crippen LogP contribution < -0.4 is 10.6 Å². The second-order valence-corrected chi connectivity index (χ2v) is 3.84. The van der Waals surface area contributed by atoms with Gasteiger partial charge in [-0.05, 0) is 6.07 Å². The molecule has 1 amide bonds. The summed E-state index contributed by atoms with van der Waals surface area (Å²) in [6.07, 6.45) is 1.78. The molecule has 5 heteroatoms. The normalized spacial score (nSPS) is 14.8. The molecule has 2 N–H and O–H groups in total. The minimum absolute atomic E-state index is 0.0918. The fraction of sp³-hybridized carbons (Fsp3) is 0.455. The number of pyridine rings is 1. The number of fused-ring (bicyclic) bond motifs is 1. The highest BCUT2D eigenvalue weighted by Crippen LogP contribution is 2.21. The molecule has 0 saturated carbocycles. The predicted molar refractivity (Wildman–Crippen MR) is 63.4 cm³/mol. The SMILES string of the molecule is CNc1cnc2c(c1)NCCN(C(C)=O)C2. The van der Waals surface area contributed by atoms with Crippen LogP contribution in [0.2, 0.25) is 0 Å². The Kier molecular flexibility index (Phi) is 2.94. The predicted octanol–water partition coefficient (Wildman–Crippen LogP) is 0.897. The number of carbonyl (C=O) groups excluding carboxylic acids is 1. The molecule has 0 saturated heterocycles. The van der Waals surface area contributed by atoms with Gasteiger partial charge in [0.25, 0.3) is 0 Å². The number of carbonyl (C=O) groups is 1. The summed E-state index contributed by atoms with van der Waals surface area (Å²) in [5.41, 5.74) is 2.91.